The molecule has 2 aliphatic heterocycles. The standard InChI is InChI=1S/C28H28N4/c1-18-20-9-4-5-10-21(20)26-22(17-24-29-15-16-31(24)26)25(18)32-19(2)28(12-6-3-7-13-28)23-11-8-14-30-27(23)32/h4-5,8-11,14-16,19H,3,6-7,12-13,17H2,1-2H3. The highest BCUT2D eigenvalue weighted by Crippen LogP contribution is 2.57. The highest BCUT2D eigenvalue weighted by Gasteiger charge is 2.51. The van der Waals surface area contributed by atoms with Crippen molar-refractivity contribution in [3.63, 3.8) is 0 Å². The van der Waals surface area contributed by atoms with E-state index in [0.29, 0.717) is 6.04 Å². The topological polar surface area (TPSA) is 34.0 Å². The Kier molecular flexibility index (Phi) is 3.71. The summed E-state index contributed by atoms with van der Waals surface area (Å²) in [6, 6.07) is 13.7. The van der Waals surface area contributed by atoms with Gasteiger partial charge in [0.2, 0.25) is 0 Å². The Morgan fingerprint density at radius 3 is 2.56 bits per heavy atom. The number of rotatable bonds is 1. The van der Waals surface area contributed by atoms with E-state index in [1.165, 1.54) is 76.8 Å². The normalized spacial score (nSPS) is 20.6. The molecule has 1 atom stereocenters. The summed E-state index contributed by atoms with van der Waals surface area (Å²) in [5, 5.41) is 2.65. The summed E-state index contributed by atoms with van der Waals surface area (Å²) in [4.78, 5) is 12.3. The maximum Gasteiger partial charge on any atom is 0.137 e. The summed E-state index contributed by atoms with van der Waals surface area (Å²) in [5.41, 5.74) is 7.10. The van der Waals surface area contributed by atoms with Gasteiger partial charge in [0.05, 0.1) is 11.4 Å². The number of aromatic nitrogens is 3. The van der Waals surface area contributed by atoms with Gasteiger partial charge in [-0.3, -0.25) is 0 Å². The number of hydrogen-bond donors (Lipinski definition) is 0. The SMILES string of the molecule is Cc1c(N2c3ncccc3C3(CCCCC3)C2C)c2c(c3ccccc13)-n1ccnc1C2. The minimum atomic E-state index is 0.207. The van der Waals surface area contributed by atoms with Gasteiger partial charge in [-0.2, -0.15) is 0 Å². The first-order valence-corrected chi connectivity index (χ1v) is 12.0. The Labute approximate surface area is 188 Å². The van der Waals surface area contributed by atoms with Crippen LogP contribution in [0.3, 0.4) is 0 Å². The third kappa shape index (κ3) is 2.18. The molecule has 4 heteroatoms. The molecule has 4 heterocycles. The van der Waals surface area contributed by atoms with Crippen LogP contribution in [0, 0.1) is 6.92 Å². The molecule has 0 bridgehead atoms. The molecule has 7 rings (SSSR count). The van der Waals surface area contributed by atoms with Crippen LogP contribution in [0.4, 0.5) is 11.5 Å². The number of nitrogens with zero attached hydrogens (tertiary/aromatic N) is 4. The van der Waals surface area contributed by atoms with E-state index in [4.69, 9.17) is 9.97 Å². The van der Waals surface area contributed by atoms with Crippen LogP contribution in [0.2, 0.25) is 0 Å². The van der Waals surface area contributed by atoms with Crippen LogP contribution in [0.5, 0.6) is 0 Å². The van der Waals surface area contributed by atoms with E-state index >= 15 is 0 Å². The molecule has 1 spiro atoms. The summed E-state index contributed by atoms with van der Waals surface area (Å²) in [7, 11) is 0. The Morgan fingerprint density at radius 1 is 0.906 bits per heavy atom. The third-order valence-corrected chi connectivity index (χ3v) is 8.53. The van der Waals surface area contributed by atoms with Crippen LogP contribution in [0.15, 0.2) is 55.0 Å². The van der Waals surface area contributed by atoms with Crippen molar-refractivity contribution in [2.75, 3.05) is 4.90 Å². The number of pyridine rings is 1. The van der Waals surface area contributed by atoms with Crippen LogP contribution in [-0.4, -0.2) is 20.6 Å². The number of fused-ring (bicyclic) bond motifs is 7. The highest BCUT2D eigenvalue weighted by molar-refractivity contribution is 6.01. The van der Waals surface area contributed by atoms with Crippen molar-refractivity contribution in [1.82, 2.24) is 14.5 Å². The molecule has 32 heavy (non-hydrogen) atoms. The zero-order chi connectivity index (χ0) is 21.4. The van der Waals surface area contributed by atoms with Crippen LogP contribution in [0.25, 0.3) is 16.5 Å². The fourth-order valence-corrected chi connectivity index (χ4v) is 7.04. The Morgan fingerprint density at radius 2 is 1.72 bits per heavy atom. The first-order valence-electron chi connectivity index (χ1n) is 12.0. The molecule has 3 aliphatic rings. The first kappa shape index (κ1) is 18.4. The summed E-state index contributed by atoms with van der Waals surface area (Å²) < 4.78 is 2.30. The number of aryl methyl sites for hydroxylation is 1. The van der Waals surface area contributed by atoms with Gasteiger partial charge in [-0.1, -0.05) is 49.6 Å². The molecule has 1 unspecified atom stereocenters. The highest BCUT2D eigenvalue weighted by atomic mass is 15.3. The summed E-state index contributed by atoms with van der Waals surface area (Å²) in [6.45, 7) is 4.75. The zero-order valence-electron chi connectivity index (χ0n) is 18.8. The van der Waals surface area contributed by atoms with Crippen LogP contribution in [-0.2, 0) is 11.8 Å². The van der Waals surface area contributed by atoms with Gasteiger partial charge in [0.25, 0.3) is 0 Å². The van der Waals surface area contributed by atoms with Gasteiger partial charge in [0, 0.05) is 53.0 Å². The molecule has 4 nitrogen and oxygen atoms in total. The Bertz CT molecular complexity index is 1380. The second-order valence-corrected chi connectivity index (χ2v) is 9.87. The van der Waals surface area contributed by atoms with E-state index in [1.807, 2.05) is 12.4 Å². The van der Waals surface area contributed by atoms with Gasteiger partial charge in [0.1, 0.15) is 11.6 Å². The van der Waals surface area contributed by atoms with Crippen molar-refractivity contribution >= 4 is 22.3 Å². The summed E-state index contributed by atoms with van der Waals surface area (Å²) >= 11 is 0. The Balaban J connectivity index is 1.54. The minimum absolute atomic E-state index is 0.207. The molecular formula is C28H28N4. The van der Waals surface area contributed by atoms with Gasteiger partial charge in [0.15, 0.2) is 0 Å². The van der Waals surface area contributed by atoms with Gasteiger partial charge in [-0.15, -0.1) is 0 Å². The molecule has 160 valence electrons. The number of hydrogen-bond acceptors (Lipinski definition) is 3. The van der Waals surface area contributed by atoms with Gasteiger partial charge in [-0.05, 0) is 43.7 Å². The van der Waals surface area contributed by atoms with Crippen molar-refractivity contribution < 1.29 is 0 Å². The second kappa shape index (κ2) is 6.44. The lowest BCUT2D eigenvalue weighted by molar-refractivity contribution is 0.268. The average Bonchev–Trinajstić information content (AvgIpc) is 3.48. The predicted molar refractivity (Wildman–Crippen MR) is 129 cm³/mol. The maximum absolute atomic E-state index is 5.00. The lowest BCUT2D eigenvalue weighted by Gasteiger charge is -2.40. The van der Waals surface area contributed by atoms with E-state index in [2.05, 4.69) is 65.9 Å². The largest absolute Gasteiger partial charge is 0.322 e. The molecule has 2 aromatic carbocycles. The van der Waals surface area contributed by atoms with E-state index in [-0.39, 0.29) is 5.41 Å². The lowest BCUT2D eigenvalue weighted by atomic mass is 9.67. The van der Waals surface area contributed by atoms with E-state index in [0.717, 1.165) is 12.2 Å². The number of benzene rings is 2. The number of anilines is 2. The van der Waals surface area contributed by atoms with Crippen molar-refractivity contribution in [2.45, 2.75) is 63.8 Å². The predicted octanol–water partition coefficient (Wildman–Crippen LogP) is 6.38. The second-order valence-electron chi connectivity index (χ2n) is 9.87. The first-order chi connectivity index (χ1) is 15.7. The molecule has 4 aromatic rings. The maximum atomic E-state index is 5.00. The Hall–Kier alpha value is -3.14. The lowest BCUT2D eigenvalue weighted by Crippen LogP contribution is -2.42. The molecular weight excluding hydrogens is 392 g/mol. The van der Waals surface area contributed by atoms with Crippen LogP contribution < -0.4 is 4.90 Å². The molecule has 1 saturated carbocycles. The molecule has 1 aliphatic carbocycles. The molecule has 0 saturated heterocycles. The zero-order valence-corrected chi connectivity index (χ0v) is 18.8. The number of imidazole rings is 1. The third-order valence-electron chi connectivity index (χ3n) is 8.53. The molecule has 0 N–H and O–H groups in total. The quantitative estimate of drug-likeness (QED) is 0.316. The molecule has 1 fully saturated rings. The molecule has 0 radical (unpaired) electrons. The average molecular weight is 421 g/mol. The van der Waals surface area contributed by atoms with E-state index in [1.54, 1.807) is 0 Å². The van der Waals surface area contributed by atoms with Gasteiger partial charge < -0.3 is 9.47 Å². The van der Waals surface area contributed by atoms with Crippen molar-refractivity contribution in [3.05, 3.63) is 77.5 Å². The van der Waals surface area contributed by atoms with E-state index < -0.39 is 0 Å². The van der Waals surface area contributed by atoms with Gasteiger partial charge >= 0.3 is 0 Å². The summed E-state index contributed by atoms with van der Waals surface area (Å²) in [5.74, 6) is 2.31. The fourth-order valence-electron chi connectivity index (χ4n) is 7.04. The summed E-state index contributed by atoms with van der Waals surface area (Å²) in [6.07, 6.45) is 13.4. The van der Waals surface area contributed by atoms with Crippen molar-refractivity contribution in [1.29, 1.82) is 0 Å². The molecule has 0 amide bonds. The smallest absolute Gasteiger partial charge is 0.137 e. The van der Waals surface area contributed by atoms with Crippen molar-refractivity contribution in [3.8, 4) is 5.69 Å². The minimum Gasteiger partial charge on any atom is -0.322 e. The van der Waals surface area contributed by atoms with Crippen LogP contribution in [0.1, 0.15) is 61.5 Å². The van der Waals surface area contributed by atoms with Crippen molar-refractivity contribution in [2.24, 2.45) is 0 Å². The fraction of sp³-hybridized carbons (Fsp3) is 0.357. The monoisotopic (exact) mass is 420 g/mol. The molecule has 2 aromatic heterocycles. The van der Waals surface area contributed by atoms with Gasteiger partial charge in [-0.25, -0.2) is 9.97 Å². The van der Waals surface area contributed by atoms with Crippen LogP contribution >= 0.6 is 0 Å². The van der Waals surface area contributed by atoms with E-state index in [9.17, 15) is 0 Å².